The topological polar surface area (TPSA) is 72.4 Å². The number of carbonyl (C=O) groups is 1. The highest BCUT2D eigenvalue weighted by Gasteiger charge is 2.23. The number of benzene rings is 1. The molecule has 142 valence electrons. The number of amides is 1. The Labute approximate surface area is 170 Å². The van der Waals surface area contributed by atoms with E-state index in [-0.39, 0.29) is 11.6 Å². The Morgan fingerprint density at radius 2 is 2.04 bits per heavy atom. The monoisotopic (exact) mass is 415 g/mol. The Hall–Kier alpha value is -2.83. The fourth-order valence-electron chi connectivity index (χ4n) is 3.02. The van der Waals surface area contributed by atoms with Crippen molar-refractivity contribution in [2.24, 2.45) is 0 Å². The zero-order chi connectivity index (χ0) is 19.8. The summed E-state index contributed by atoms with van der Waals surface area (Å²) >= 11 is 12.3. The molecule has 0 atom stereocenters. The lowest BCUT2D eigenvalue weighted by molar-refractivity contribution is 0.0787. The van der Waals surface area contributed by atoms with Crippen LogP contribution in [0, 0.1) is 6.92 Å². The second-order valence-electron chi connectivity index (χ2n) is 6.35. The fraction of sp³-hybridized carbons (Fsp3) is 0.150. The maximum atomic E-state index is 13.3. The smallest absolute Gasteiger partial charge is 0.259 e. The third-order valence-corrected chi connectivity index (χ3v) is 5.26. The first-order valence-electron chi connectivity index (χ1n) is 8.45. The molecule has 0 unspecified atom stereocenters. The van der Waals surface area contributed by atoms with Crippen molar-refractivity contribution >= 4 is 40.2 Å². The summed E-state index contributed by atoms with van der Waals surface area (Å²) in [7, 11) is 1.70. The van der Waals surface area contributed by atoms with Gasteiger partial charge in [-0.2, -0.15) is 0 Å². The summed E-state index contributed by atoms with van der Waals surface area (Å²) in [6.07, 6.45) is 1.54. The van der Waals surface area contributed by atoms with Crippen LogP contribution in [-0.4, -0.2) is 28.0 Å². The number of furan rings is 1. The summed E-state index contributed by atoms with van der Waals surface area (Å²) in [4.78, 5) is 19.2. The lowest BCUT2D eigenvalue weighted by Crippen LogP contribution is -2.26. The number of pyridine rings is 1. The van der Waals surface area contributed by atoms with E-state index in [1.54, 1.807) is 55.5 Å². The van der Waals surface area contributed by atoms with Crippen LogP contribution >= 0.6 is 23.2 Å². The molecule has 0 aliphatic rings. The molecular formula is C20H15Cl2N3O3. The van der Waals surface area contributed by atoms with Crippen molar-refractivity contribution in [1.82, 2.24) is 15.0 Å². The molecule has 0 bridgehead atoms. The van der Waals surface area contributed by atoms with Crippen molar-refractivity contribution < 1.29 is 13.7 Å². The zero-order valence-electron chi connectivity index (χ0n) is 15.1. The van der Waals surface area contributed by atoms with Crippen molar-refractivity contribution in [1.29, 1.82) is 0 Å². The molecule has 0 fully saturated rings. The van der Waals surface area contributed by atoms with E-state index in [0.717, 1.165) is 5.56 Å². The summed E-state index contributed by atoms with van der Waals surface area (Å²) in [5.41, 5.74) is 2.54. The van der Waals surface area contributed by atoms with Crippen LogP contribution in [0.1, 0.15) is 21.6 Å². The maximum Gasteiger partial charge on any atom is 0.259 e. The van der Waals surface area contributed by atoms with Crippen LogP contribution in [0.3, 0.4) is 0 Å². The molecule has 4 aromatic rings. The number of carbonyl (C=O) groups excluding carboxylic acids is 1. The summed E-state index contributed by atoms with van der Waals surface area (Å²) in [5.74, 6) is 0.313. The van der Waals surface area contributed by atoms with Gasteiger partial charge in [-0.1, -0.05) is 40.5 Å². The predicted octanol–water partition coefficient (Wildman–Crippen LogP) is 5.37. The van der Waals surface area contributed by atoms with E-state index >= 15 is 0 Å². The van der Waals surface area contributed by atoms with Crippen LogP contribution in [0.25, 0.3) is 22.6 Å². The SMILES string of the molecule is Cc1noc2nc(-c3ccco3)cc(C(=O)N(C)Cc3cccc(Cl)c3Cl)c12. The molecule has 8 heteroatoms. The largest absolute Gasteiger partial charge is 0.463 e. The summed E-state index contributed by atoms with van der Waals surface area (Å²) < 4.78 is 10.7. The maximum absolute atomic E-state index is 13.3. The molecule has 3 heterocycles. The molecule has 0 radical (unpaired) electrons. The van der Waals surface area contributed by atoms with Gasteiger partial charge >= 0.3 is 0 Å². The first-order chi connectivity index (χ1) is 13.5. The second kappa shape index (κ2) is 7.30. The van der Waals surface area contributed by atoms with Crippen LogP contribution in [0.15, 0.2) is 51.6 Å². The predicted molar refractivity (Wildman–Crippen MR) is 107 cm³/mol. The van der Waals surface area contributed by atoms with E-state index in [0.29, 0.717) is 44.7 Å². The number of hydrogen-bond donors (Lipinski definition) is 0. The van der Waals surface area contributed by atoms with Crippen molar-refractivity contribution in [2.45, 2.75) is 13.5 Å². The van der Waals surface area contributed by atoms with E-state index in [9.17, 15) is 4.79 Å². The average molecular weight is 416 g/mol. The third-order valence-electron chi connectivity index (χ3n) is 4.41. The van der Waals surface area contributed by atoms with Gasteiger partial charge in [0.1, 0.15) is 5.69 Å². The molecule has 0 N–H and O–H groups in total. The first-order valence-corrected chi connectivity index (χ1v) is 9.20. The van der Waals surface area contributed by atoms with Gasteiger partial charge in [-0.05, 0) is 36.8 Å². The number of halogens is 2. The molecule has 0 aliphatic heterocycles. The molecule has 3 aromatic heterocycles. The van der Waals surface area contributed by atoms with Crippen LogP contribution in [0.5, 0.6) is 0 Å². The van der Waals surface area contributed by atoms with Gasteiger partial charge in [0.15, 0.2) is 5.76 Å². The minimum atomic E-state index is -0.220. The minimum Gasteiger partial charge on any atom is -0.463 e. The van der Waals surface area contributed by atoms with Crippen molar-refractivity contribution in [3.05, 3.63) is 69.5 Å². The highest BCUT2D eigenvalue weighted by atomic mass is 35.5. The van der Waals surface area contributed by atoms with Crippen LogP contribution in [0.2, 0.25) is 10.0 Å². The van der Waals surface area contributed by atoms with Gasteiger partial charge in [0.25, 0.3) is 11.6 Å². The van der Waals surface area contributed by atoms with Gasteiger partial charge < -0.3 is 13.8 Å². The molecule has 0 spiro atoms. The third kappa shape index (κ3) is 3.25. The quantitative estimate of drug-likeness (QED) is 0.447. The number of nitrogens with zero attached hydrogens (tertiary/aromatic N) is 3. The molecule has 0 saturated heterocycles. The van der Waals surface area contributed by atoms with E-state index in [1.807, 2.05) is 6.07 Å². The normalized spacial score (nSPS) is 11.1. The van der Waals surface area contributed by atoms with Gasteiger partial charge in [-0.25, -0.2) is 4.98 Å². The molecule has 4 rings (SSSR count). The van der Waals surface area contributed by atoms with Gasteiger partial charge in [0.2, 0.25) is 0 Å². The summed E-state index contributed by atoms with van der Waals surface area (Å²) in [6, 6.07) is 10.5. The summed E-state index contributed by atoms with van der Waals surface area (Å²) in [6.45, 7) is 2.06. The van der Waals surface area contributed by atoms with Crippen LogP contribution in [-0.2, 0) is 6.54 Å². The second-order valence-corrected chi connectivity index (χ2v) is 7.14. The van der Waals surface area contributed by atoms with Gasteiger partial charge in [0.05, 0.1) is 33.0 Å². The molecule has 0 aliphatic carbocycles. The minimum absolute atomic E-state index is 0.220. The number of aryl methyl sites for hydroxylation is 1. The van der Waals surface area contributed by atoms with E-state index < -0.39 is 0 Å². The number of fused-ring (bicyclic) bond motifs is 1. The summed E-state index contributed by atoms with van der Waals surface area (Å²) in [5, 5.41) is 5.40. The van der Waals surface area contributed by atoms with Crippen molar-refractivity contribution in [3.8, 4) is 11.5 Å². The van der Waals surface area contributed by atoms with Gasteiger partial charge in [-0.15, -0.1) is 0 Å². The first kappa shape index (κ1) is 18.5. The Morgan fingerprint density at radius 1 is 1.21 bits per heavy atom. The molecule has 1 amide bonds. The molecule has 0 saturated carbocycles. The Kier molecular flexibility index (Phi) is 4.83. The number of rotatable bonds is 4. The molecule has 1 aromatic carbocycles. The lowest BCUT2D eigenvalue weighted by atomic mass is 10.1. The Bertz CT molecular complexity index is 1170. The molecule has 28 heavy (non-hydrogen) atoms. The van der Waals surface area contributed by atoms with Gasteiger partial charge in [0, 0.05) is 13.6 Å². The van der Waals surface area contributed by atoms with E-state index in [2.05, 4.69) is 10.1 Å². The number of aromatic nitrogens is 2. The fourth-order valence-corrected chi connectivity index (χ4v) is 3.40. The van der Waals surface area contributed by atoms with Crippen LogP contribution < -0.4 is 0 Å². The van der Waals surface area contributed by atoms with Crippen LogP contribution in [0.4, 0.5) is 0 Å². The van der Waals surface area contributed by atoms with E-state index in [1.165, 1.54) is 0 Å². The lowest BCUT2D eigenvalue weighted by Gasteiger charge is -2.19. The number of hydrogen-bond acceptors (Lipinski definition) is 5. The zero-order valence-corrected chi connectivity index (χ0v) is 16.6. The Morgan fingerprint density at radius 3 is 2.79 bits per heavy atom. The highest BCUT2D eigenvalue weighted by Crippen LogP contribution is 2.30. The standard InChI is InChI=1S/C20H15Cl2N3O3/c1-11-17-13(9-15(16-7-4-8-27-16)23-19(17)28-24-11)20(26)25(2)10-12-5-3-6-14(21)18(12)22/h3-9H,10H2,1-2H3. The van der Waals surface area contributed by atoms with Crippen molar-refractivity contribution in [3.63, 3.8) is 0 Å². The highest BCUT2D eigenvalue weighted by molar-refractivity contribution is 6.42. The molecule has 6 nitrogen and oxygen atoms in total. The van der Waals surface area contributed by atoms with Crippen molar-refractivity contribution in [2.75, 3.05) is 7.05 Å². The molecular weight excluding hydrogens is 401 g/mol. The van der Waals surface area contributed by atoms with Gasteiger partial charge in [-0.3, -0.25) is 4.79 Å². The Balaban J connectivity index is 1.75. The average Bonchev–Trinajstić information content (AvgIpc) is 3.34. The van der Waals surface area contributed by atoms with E-state index in [4.69, 9.17) is 32.1 Å².